The van der Waals surface area contributed by atoms with Crippen molar-refractivity contribution in [3.05, 3.63) is 5.01 Å². The Bertz CT molecular complexity index is 308. The van der Waals surface area contributed by atoms with E-state index in [-0.39, 0.29) is 0 Å². The maximum atomic E-state index is 4.22. The van der Waals surface area contributed by atoms with Crippen molar-refractivity contribution in [1.82, 2.24) is 15.1 Å². The monoisotopic (exact) mass is 258 g/mol. The van der Waals surface area contributed by atoms with Crippen LogP contribution < -0.4 is 5.32 Å². The standard InChI is InChI=1S/C10H18N4S2/c1-2-11-10-13-12-9(16-10)8-14-4-3-6-15-7-5-14/h2-8H2,1H3,(H,11,13). The molecule has 0 amide bonds. The lowest BCUT2D eigenvalue weighted by atomic mass is 10.4. The van der Waals surface area contributed by atoms with E-state index in [4.69, 9.17) is 0 Å². The van der Waals surface area contributed by atoms with E-state index in [1.54, 1.807) is 11.3 Å². The van der Waals surface area contributed by atoms with Gasteiger partial charge in [-0.1, -0.05) is 11.3 Å². The predicted octanol–water partition coefficient (Wildman–Crippen LogP) is 1.91. The minimum Gasteiger partial charge on any atom is -0.360 e. The molecule has 4 nitrogen and oxygen atoms in total. The normalized spacial score (nSPS) is 18.3. The molecule has 0 saturated carbocycles. The van der Waals surface area contributed by atoms with Gasteiger partial charge in [-0.2, -0.15) is 11.8 Å². The molecule has 16 heavy (non-hydrogen) atoms. The van der Waals surface area contributed by atoms with Crippen LogP contribution >= 0.6 is 23.1 Å². The fraction of sp³-hybridized carbons (Fsp3) is 0.800. The minimum atomic E-state index is 0.912. The molecule has 1 saturated heterocycles. The minimum absolute atomic E-state index is 0.912. The molecule has 1 aliphatic rings. The van der Waals surface area contributed by atoms with Crippen molar-refractivity contribution in [1.29, 1.82) is 0 Å². The number of thioether (sulfide) groups is 1. The van der Waals surface area contributed by atoms with Gasteiger partial charge in [0.1, 0.15) is 5.01 Å². The van der Waals surface area contributed by atoms with Gasteiger partial charge in [0, 0.05) is 18.8 Å². The predicted molar refractivity (Wildman–Crippen MR) is 71.3 cm³/mol. The molecule has 1 fully saturated rings. The third kappa shape index (κ3) is 3.61. The Kier molecular flexibility index (Phi) is 4.87. The van der Waals surface area contributed by atoms with Gasteiger partial charge in [-0.25, -0.2) is 0 Å². The molecule has 0 spiro atoms. The first-order chi connectivity index (χ1) is 7.88. The maximum absolute atomic E-state index is 4.22. The highest BCUT2D eigenvalue weighted by Gasteiger charge is 2.12. The van der Waals surface area contributed by atoms with Crippen LogP contribution in [-0.4, -0.2) is 46.2 Å². The molecule has 6 heteroatoms. The first-order valence-corrected chi connectivity index (χ1v) is 7.72. The fourth-order valence-electron chi connectivity index (χ4n) is 1.69. The molecule has 90 valence electrons. The lowest BCUT2D eigenvalue weighted by Crippen LogP contribution is -2.25. The van der Waals surface area contributed by atoms with Crippen LogP contribution in [0, 0.1) is 0 Å². The summed E-state index contributed by atoms with van der Waals surface area (Å²) in [5.41, 5.74) is 0. The van der Waals surface area contributed by atoms with Crippen molar-refractivity contribution in [2.45, 2.75) is 19.9 Å². The van der Waals surface area contributed by atoms with Crippen molar-refractivity contribution in [2.75, 3.05) is 36.5 Å². The van der Waals surface area contributed by atoms with Crippen molar-refractivity contribution in [3.63, 3.8) is 0 Å². The van der Waals surface area contributed by atoms with Crippen LogP contribution in [-0.2, 0) is 6.54 Å². The number of nitrogens with zero attached hydrogens (tertiary/aromatic N) is 3. The summed E-state index contributed by atoms with van der Waals surface area (Å²) in [7, 11) is 0. The second-order valence-electron chi connectivity index (χ2n) is 3.77. The van der Waals surface area contributed by atoms with Gasteiger partial charge >= 0.3 is 0 Å². The molecular weight excluding hydrogens is 240 g/mol. The Morgan fingerprint density at radius 3 is 3.12 bits per heavy atom. The summed E-state index contributed by atoms with van der Waals surface area (Å²) < 4.78 is 0. The Morgan fingerprint density at radius 2 is 2.25 bits per heavy atom. The Labute approximate surface area is 105 Å². The number of nitrogens with one attached hydrogen (secondary N) is 1. The van der Waals surface area contributed by atoms with E-state index >= 15 is 0 Å². The molecule has 0 aliphatic carbocycles. The highest BCUT2D eigenvalue weighted by Crippen LogP contribution is 2.18. The van der Waals surface area contributed by atoms with Gasteiger partial charge < -0.3 is 5.32 Å². The zero-order valence-corrected chi connectivity index (χ0v) is 11.2. The summed E-state index contributed by atoms with van der Waals surface area (Å²) in [6.45, 7) is 6.33. The highest BCUT2D eigenvalue weighted by atomic mass is 32.2. The maximum Gasteiger partial charge on any atom is 0.205 e. The first kappa shape index (κ1) is 12.1. The van der Waals surface area contributed by atoms with Gasteiger partial charge in [0.25, 0.3) is 0 Å². The van der Waals surface area contributed by atoms with Gasteiger partial charge in [-0.15, -0.1) is 10.2 Å². The second kappa shape index (κ2) is 6.42. The topological polar surface area (TPSA) is 41.1 Å². The van der Waals surface area contributed by atoms with Crippen molar-refractivity contribution in [3.8, 4) is 0 Å². The van der Waals surface area contributed by atoms with Gasteiger partial charge in [-0.3, -0.25) is 4.90 Å². The summed E-state index contributed by atoms with van der Waals surface area (Å²) in [6, 6.07) is 0. The smallest absolute Gasteiger partial charge is 0.205 e. The van der Waals surface area contributed by atoms with Crippen LogP contribution in [0.1, 0.15) is 18.4 Å². The van der Waals surface area contributed by atoms with E-state index in [9.17, 15) is 0 Å². The fourth-order valence-corrected chi connectivity index (χ4v) is 3.46. The Balaban J connectivity index is 1.86. The number of rotatable bonds is 4. The number of hydrogen-bond donors (Lipinski definition) is 1. The number of hydrogen-bond acceptors (Lipinski definition) is 6. The van der Waals surface area contributed by atoms with E-state index < -0.39 is 0 Å². The quantitative estimate of drug-likeness (QED) is 0.893. The van der Waals surface area contributed by atoms with Gasteiger partial charge in [0.2, 0.25) is 5.13 Å². The largest absolute Gasteiger partial charge is 0.360 e. The van der Waals surface area contributed by atoms with Gasteiger partial charge in [-0.05, 0) is 25.6 Å². The molecular formula is C10H18N4S2. The summed E-state index contributed by atoms with van der Waals surface area (Å²) in [4.78, 5) is 2.48. The molecule has 1 aliphatic heterocycles. The van der Waals surface area contributed by atoms with E-state index in [1.165, 1.54) is 31.0 Å². The number of aromatic nitrogens is 2. The second-order valence-corrected chi connectivity index (χ2v) is 6.06. The first-order valence-electron chi connectivity index (χ1n) is 5.75. The van der Waals surface area contributed by atoms with Gasteiger partial charge in [0.15, 0.2) is 0 Å². The molecule has 0 radical (unpaired) electrons. The van der Waals surface area contributed by atoms with E-state index in [0.717, 1.165) is 23.2 Å². The van der Waals surface area contributed by atoms with E-state index in [2.05, 4.69) is 39.1 Å². The van der Waals surface area contributed by atoms with Crippen LogP contribution in [0.25, 0.3) is 0 Å². The Hall–Kier alpha value is -0.330. The zero-order valence-electron chi connectivity index (χ0n) is 9.61. The van der Waals surface area contributed by atoms with Crippen LogP contribution in [0.3, 0.4) is 0 Å². The third-order valence-corrected chi connectivity index (χ3v) is 4.38. The average molecular weight is 258 g/mol. The van der Waals surface area contributed by atoms with Crippen LogP contribution in [0.4, 0.5) is 5.13 Å². The molecule has 1 aromatic heterocycles. The zero-order chi connectivity index (χ0) is 11.2. The lowest BCUT2D eigenvalue weighted by Gasteiger charge is -2.16. The van der Waals surface area contributed by atoms with Crippen molar-refractivity contribution >= 4 is 28.2 Å². The molecule has 1 N–H and O–H groups in total. The van der Waals surface area contributed by atoms with E-state index in [0.29, 0.717) is 0 Å². The highest BCUT2D eigenvalue weighted by molar-refractivity contribution is 7.99. The number of anilines is 1. The summed E-state index contributed by atoms with van der Waals surface area (Å²) in [5.74, 6) is 2.55. The van der Waals surface area contributed by atoms with Gasteiger partial charge in [0.05, 0.1) is 6.54 Å². The van der Waals surface area contributed by atoms with Crippen molar-refractivity contribution in [2.24, 2.45) is 0 Å². The molecule has 2 heterocycles. The summed E-state index contributed by atoms with van der Waals surface area (Å²) in [6.07, 6.45) is 1.30. The van der Waals surface area contributed by atoms with Crippen LogP contribution in [0.2, 0.25) is 0 Å². The van der Waals surface area contributed by atoms with E-state index in [1.807, 2.05) is 0 Å². The molecule has 1 aromatic rings. The SMILES string of the molecule is CCNc1nnc(CN2CCCSCC2)s1. The van der Waals surface area contributed by atoms with Crippen LogP contribution in [0.15, 0.2) is 0 Å². The molecule has 0 unspecified atom stereocenters. The lowest BCUT2D eigenvalue weighted by molar-refractivity contribution is 0.286. The third-order valence-electron chi connectivity index (χ3n) is 2.47. The van der Waals surface area contributed by atoms with Crippen molar-refractivity contribution < 1.29 is 0 Å². The molecule has 0 bridgehead atoms. The molecule has 0 atom stereocenters. The molecule has 2 rings (SSSR count). The average Bonchev–Trinajstić information content (AvgIpc) is 2.56. The Morgan fingerprint density at radius 1 is 1.31 bits per heavy atom. The molecule has 0 aromatic carbocycles. The summed E-state index contributed by atoms with van der Waals surface area (Å²) >= 11 is 3.73. The van der Waals surface area contributed by atoms with Crippen LogP contribution in [0.5, 0.6) is 0 Å². The summed E-state index contributed by atoms with van der Waals surface area (Å²) in [5, 5.41) is 13.6.